The Kier molecular flexibility index (Phi) is 6.61. The number of pyridine rings is 1. The summed E-state index contributed by atoms with van der Waals surface area (Å²) >= 11 is 1.54. The Labute approximate surface area is 212 Å². The standard InChI is InChI=1S/C28H25FN4O2S/c1-16-7-8-22(23(29)10-16)19-11-20(25-14-26(35-33-25)24-6-4-5-9-30-24)13-21(12-19)27(34)32-18(3)28-31-15-17(2)36-28/h4-13,15,18,26H,14H2,1-3H3,(H,32,34)/t18-,26?/m1/s1. The van der Waals surface area contributed by atoms with Crippen molar-refractivity contribution < 1.29 is 14.0 Å². The predicted octanol–water partition coefficient (Wildman–Crippen LogP) is 6.32. The zero-order valence-corrected chi connectivity index (χ0v) is 21.0. The van der Waals surface area contributed by atoms with Gasteiger partial charge in [-0.2, -0.15) is 0 Å². The second-order valence-corrected chi connectivity index (χ2v) is 10.1. The van der Waals surface area contributed by atoms with Crippen LogP contribution in [0.3, 0.4) is 0 Å². The average molecular weight is 501 g/mol. The molecule has 2 atom stereocenters. The van der Waals surface area contributed by atoms with E-state index >= 15 is 0 Å². The fourth-order valence-electron chi connectivity index (χ4n) is 4.12. The average Bonchev–Trinajstić information content (AvgIpc) is 3.54. The van der Waals surface area contributed by atoms with E-state index in [0.717, 1.165) is 21.1 Å². The number of thiazole rings is 1. The molecule has 1 N–H and O–H groups in total. The van der Waals surface area contributed by atoms with E-state index in [9.17, 15) is 9.18 Å². The molecule has 4 aromatic rings. The molecule has 5 rings (SSSR count). The number of hydrogen-bond acceptors (Lipinski definition) is 6. The Balaban J connectivity index is 1.49. The van der Waals surface area contributed by atoms with Crippen molar-refractivity contribution >= 4 is 23.0 Å². The summed E-state index contributed by atoms with van der Waals surface area (Å²) in [4.78, 5) is 28.8. The third-order valence-corrected chi connectivity index (χ3v) is 7.10. The van der Waals surface area contributed by atoms with Crippen LogP contribution in [0, 0.1) is 19.7 Å². The molecule has 6 nitrogen and oxygen atoms in total. The first kappa shape index (κ1) is 23.8. The Morgan fingerprint density at radius 1 is 1.11 bits per heavy atom. The topological polar surface area (TPSA) is 76.5 Å². The van der Waals surface area contributed by atoms with Gasteiger partial charge in [-0.3, -0.25) is 9.78 Å². The minimum Gasteiger partial charge on any atom is -0.385 e. The number of rotatable bonds is 6. The van der Waals surface area contributed by atoms with Crippen molar-refractivity contribution in [1.82, 2.24) is 15.3 Å². The fourth-order valence-corrected chi connectivity index (χ4v) is 4.90. The van der Waals surface area contributed by atoms with Crippen molar-refractivity contribution in [1.29, 1.82) is 0 Å². The lowest BCUT2D eigenvalue weighted by Gasteiger charge is -2.14. The largest absolute Gasteiger partial charge is 0.385 e. The first-order chi connectivity index (χ1) is 17.4. The number of halogens is 1. The van der Waals surface area contributed by atoms with Crippen LogP contribution >= 0.6 is 11.3 Å². The number of amides is 1. The lowest BCUT2D eigenvalue weighted by Crippen LogP contribution is -2.26. The molecule has 2 aromatic heterocycles. The van der Waals surface area contributed by atoms with Gasteiger partial charge in [0.25, 0.3) is 5.91 Å². The molecule has 0 fully saturated rings. The van der Waals surface area contributed by atoms with Crippen LogP contribution in [0.4, 0.5) is 4.39 Å². The number of benzene rings is 2. The molecule has 0 spiro atoms. The van der Waals surface area contributed by atoms with Crippen molar-refractivity contribution in [2.45, 2.75) is 39.3 Å². The van der Waals surface area contributed by atoms with Crippen LogP contribution in [0.15, 0.2) is 72.1 Å². The van der Waals surface area contributed by atoms with Gasteiger partial charge in [-0.25, -0.2) is 9.37 Å². The van der Waals surface area contributed by atoms with Gasteiger partial charge >= 0.3 is 0 Å². The van der Waals surface area contributed by atoms with E-state index < -0.39 is 0 Å². The molecule has 1 aliphatic heterocycles. The quantitative estimate of drug-likeness (QED) is 0.336. The van der Waals surface area contributed by atoms with Gasteiger partial charge in [0, 0.05) is 40.4 Å². The number of aryl methyl sites for hydroxylation is 2. The molecule has 3 heterocycles. The maximum absolute atomic E-state index is 14.9. The minimum absolute atomic E-state index is 0.264. The highest BCUT2D eigenvalue weighted by Gasteiger charge is 2.26. The molecule has 0 saturated carbocycles. The van der Waals surface area contributed by atoms with Gasteiger partial charge in [0.05, 0.1) is 17.4 Å². The Hall–Kier alpha value is -3.91. The van der Waals surface area contributed by atoms with E-state index in [4.69, 9.17) is 4.84 Å². The van der Waals surface area contributed by atoms with Crippen LogP contribution in [0.5, 0.6) is 0 Å². The van der Waals surface area contributed by atoms with Gasteiger partial charge in [-0.1, -0.05) is 23.4 Å². The SMILES string of the molecule is Cc1ccc(-c2cc(C(=O)N[C@H](C)c3ncc(C)s3)cc(C3=NOC(c4ccccn4)C3)c2)c(F)c1. The fraction of sp³-hybridized carbons (Fsp3) is 0.214. The lowest BCUT2D eigenvalue weighted by atomic mass is 9.94. The van der Waals surface area contributed by atoms with Crippen molar-refractivity contribution in [3.8, 4) is 11.1 Å². The lowest BCUT2D eigenvalue weighted by molar-refractivity contribution is 0.0826. The van der Waals surface area contributed by atoms with Crippen LogP contribution in [0.2, 0.25) is 0 Å². The van der Waals surface area contributed by atoms with E-state index in [2.05, 4.69) is 20.4 Å². The minimum atomic E-state index is -0.346. The van der Waals surface area contributed by atoms with Gasteiger partial charge in [-0.05, 0) is 68.3 Å². The number of hydrogen-bond donors (Lipinski definition) is 1. The second-order valence-electron chi connectivity index (χ2n) is 8.88. The summed E-state index contributed by atoms with van der Waals surface area (Å²) in [6, 6.07) is 15.8. The van der Waals surface area contributed by atoms with Crippen molar-refractivity contribution in [2.75, 3.05) is 0 Å². The summed E-state index contributed by atoms with van der Waals surface area (Å²) in [6.45, 7) is 5.71. The van der Waals surface area contributed by atoms with E-state index in [1.807, 2.05) is 51.1 Å². The number of nitrogens with zero attached hydrogens (tertiary/aromatic N) is 3. The smallest absolute Gasteiger partial charge is 0.251 e. The monoisotopic (exact) mass is 500 g/mol. The highest BCUT2D eigenvalue weighted by Crippen LogP contribution is 2.32. The predicted molar refractivity (Wildman–Crippen MR) is 139 cm³/mol. The molecule has 0 radical (unpaired) electrons. The first-order valence-corrected chi connectivity index (χ1v) is 12.5. The Morgan fingerprint density at radius 3 is 2.67 bits per heavy atom. The molecular formula is C28H25FN4O2S. The number of aromatic nitrogens is 2. The third-order valence-electron chi connectivity index (χ3n) is 6.01. The van der Waals surface area contributed by atoms with E-state index in [-0.39, 0.29) is 23.9 Å². The summed E-state index contributed by atoms with van der Waals surface area (Å²) in [6.07, 6.45) is 3.68. The van der Waals surface area contributed by atoms with Crippen LogP contribution < -0.4 is 5.32 Å². The van der Waals surface area contributed by atoms with E-state index in [0.29, 0.717) is 34.4 Å². The first-order valence-electron chi connectivity index (χ1n) is 11.7. The maximum Gasteiger partial charge on any atom is 0.251 e. The molecule has 1 unspecified atom stereocenters. The molecule has 0 saturated heterocycles. The van der Waals surface area contributed by atoms with Gasteiger partial charge in [0.1, 0.15) is 10.8 Å². The van der Waals surface area contributed by atoms with Gasteiger partial charge in [-0.15, -0.1) is 11.3 Å². The summed E-state index contributed by atoms with van der Waals surface area (Å²) in [7, 11) is 0. The zero-order valence-electron chi connectivity index (χ0n) is 20.2. The van der Waals surface area contributed by atoms with Gasteiger partial charge < -0.3 is 10.2 Å². The molecular weight excluding hydrogens is 475 g/mol. The van der Waals surface area contributed by atoms with Gasteiger partial charge in [0.2, 0.25) is 0 Å². The molecule has 36 heavy (non-hydrogen) atoms. The summed E-state index contributed by atoms with van der Waals surface area (Å²) in [5.74, 6) is -0.618. The Bertz CT molecular complexity index is 1450. The molecule has 1 amide bonds. The highest BCUT2D eigenvalue weighted by molar-refractivity contribution is 7.11. The van der Waals surface area contributed by atoms with E-state index in [1.165, 1.54) is 6.07 Å². The summed E-state index contributed by atoms with van der Waals surface area (Å²) in [5, 5.41) is 8.13. The number of carbonyl (C=O) groups is 1. The number of oxime groups is 1. The molecule has 1 aliphatic rings. The summed E-state index contributed by atoms with van der Waals surface area (Å²) in [5.41, 5.74) is 4.41. The van der Waals surface area contributed by atoms with Crippen LogP contribution in [0.25, 0.3) is 11.1 Å². The number of nitrogens with one attached hydrogen (secondary N) is 1. The van der Waals surface area contributed by atoms with Crippen molar-refractivity contribution in [3.63, 3.8) is 0 Å². The summed E-state index contributed by atoms with van der Waals surface area (Å²) < 4.78 is 14.9. The molecule has 0 aliphatic carbocycles. The molecule has 0 bridgehead atoms. The third kappa shape index (κ3) is 5.04. The van der Waals surface area contributed by atoms with Crippen LogP contribution in [0.1, 0.15) is 62.6 Å². The highest BCUT2D eigenvalue weighted by atomic mass is 32.1. The second kappa shape index (κ2) is 9.99. The van der Waals surface area contributed by atoms with Crippen LogP contribution in [-0.2, 0) is 4.84 Å². The maximum atomic E-state index is 14.9. The number of carbonyl (C=O) groups excluding carboxylic acids is 1. The van der Waals surface area contributed by atoms with Gasteiger partial charge in [0.15, 0.2) is 6.10 Å². The normalized spacial score (nSPS) is 15.8. The zero-order chi connectivity index (χ0) is 25.2. The molecule has 182 valence electrons. The Morgan fingerprint density at radius 2 is 1.94 bits per heavy atom. The van der Waals surface area contributed by atoms with E-state index in [1.54, 1.807) is 41.9 Å². The van der Waals surface area contributed by atoms with Crippen molar-refractivity contribution in [3.05, 3.63) is 105 Å². The molecule has 8 heteroatoms. The van der Waals surface area contributed by atoms with Crippen LogP contribution in [-0.4, -0.2) is 21.6 Å². The van der Waals surface area contributed by atoms with Crippen molar-refractivity contribution in [2.24, 2.45) is 5.16 Å². The molecule has 2 aromatic carbocycles.